The summed E-state index contributed by atoms with van der Waals surface area (Å²) in [5, 5.41) is 29.1. The minimum Gasteiger partial charge on any atom is -0.464 e. The number of amides is 2. The zero-order valence-electron chi connectivity index (χ0n) is 21.2. The van der Waals surface area contributed by atoms with Gasteiger partial charge in [-0.05, 0) is 57.6 Å². The molecule has 2 aliphatic rings. The van der Waals surface area contributed by atoms with Gasteiger partial charge < -0.3 is 30.2 Å². The number of fused-ring (bicyclic) bond motifs is 1. The van der Waals surface area contributed by atoms with Crippen LogP contribution in [0.4, 0.5) is 4.79 Å². The number of urea groups is 1. The number of hydrogen-bond acceptors (Lipinski definition) is 5. The lowest BCUT2D eigenvalue weighted by atomic mass is 9.73. The monoisotopic (exact) mass is 485 g/mol. The van der Waals surface area contributed by atoms with Crippen molar-refractivity contribution in [1.82, 2.24) is 15.5 Å². The molecule has 0 bridgehead atoms. The second-order valence-corrected chi connectivity index (χ2v) is 10.6. The van der Waals surface area contributed by atoms with Gasteiger partial charge in [0.1, 0.15) is 5.58 Å². The minimum absolute atomic E-state index is 0.0261. The van der Waals surface area contributed by atoms with Crippen LogP contribution in [-0.4, -0.2) is 60.5 Å². The lowest BCUT2D eigenvalue weighted by Crippen LogP contribution is -2.54. The van der Waals surface area contributed by atoms with E-state index < -0.39 is 5.60 Å². The van der Waals surface area contributed by atoms with Gasteiger partial charge in [0.05, 0.1) is 11.9 Å². The normalized spacial score (nSPS) is 21.8. The summed E-state index contributed by atoms with van der Waals surface area (Å²) in [7, 11) is 1.94. The number of para-hydroxylation sites is 1. The fourth-order valence-electron chi connectivity index (χ4n) is 6.30. The SMILES string of the molecule is CNC[C@H](CC1CCCC1)NC(=O)N1CCC[C@@H]([C@@](O)(CCCCO)c2cccc3ccoc23)C1. The van der Waals surface area contributed by atoms with Gasteiger partial charge in [-0.2, -0.15) is 0 Å². The lowest BCUT2D eigenvalue weighted by Gasteiger charge is -2.43. The molecule has 4 rings (SSSR count). The largest absolute Gasteiger partial charge is 0.464 e. The van der Waals surface area contributed by atoms with Crippen LogP contribution in [0.15, 0.2) is 34.9 Å². The van der Waals surface area contributed by atoms with Crippen molar-refractivity contribution in [3.63, 3.8) is 0 Å². The van der Waals surface area contributed by atoms with Gasteiger partial charge in [-0.15, -0.1) is 0 Å². The predicted octanol–water partition coefficient (Wildman–Crippen LogP) is 4.37. The van der Waals surface area contributed by atoms with E-state index in [1.54, 1.807) is 6.26 Å². The van der Waals surface area contributed by atoms with Crippen molar-refractivity contribution < 1.29 is 19.4 Å². The summed E-state index contributed by atoms with van der Waals surface area (Å²) in [4.78, 5) is 15.2. The molecule has 1 saturated carbocycles. The van der Waals surface area contributed by atoms with E-state index in [4.69, 9.17) is 4.42 Å². The summed E-state index contributed by atoms with van der Waals surface area (Å²) in [6, 6.07) is 7.92. The number of benzene rings is 1. The molecule has 35 heavy (non-hydrogen) atoms. The van der Waals surface area contributed by atoms with E-state index in [1.165, 1.54) is 25.7 Å². The Morgan fingerprint density at radius 1 is 1.20 bits per heavy atom. The standard InChI is InChI=1S/C28H43N3O4/c1-29-19-24(18-21-8-2-3-9-21)30-27(33)31-15-7-11-23(20-31)28(34,14-4-5-16-32)25-12-6-10-22-13-17-35-26(22)25/h6,10,12-13,17,21,23-24,29,32,34H,2-5,7-9,11,14-16,18-20H2,1H3,(H,30,33)/t23-,24+,28+/m1/s1. The summed E-state index contributed by atoms with van der Waals surface area (Å²) in [6.45, 7) is 2.09. The summed E-state index contributed by atoms with van der Waals surface area (Å²) in [5.41, 5.74) is 0.380. The average Bonchev–Trinajstić information content (AvgIpc) is 3.56. The van der Waals surface area contributed by atoms with Crippen LogP contribution >= 0.6 is 0 Å². The van der Waals surface area contributed by atoms with Crippen molar-refractivity contribution >= 4 is 17.0 Å². The third-order valence-corrected chi connectivity index (χ3v) is 8.17. The topological polar surface area (TPSA) is 98.0 Å². The highest BCUT2D eigenvalue weighted by Crippen LogP contribution is 2.42. The van der Waals surface area contributed by atoms with Gasteiger partial charge >= 0.3 is 6.03 Å². The number of likely N-dealkylation sites (N-methyl/N-ethyl adjacent to an activating group) is 1. The van der Waals surface area contributed by atoms with Gasteiger partial charge in [-0.1, -0.05) is 43.9 Å². The Morgan fingerprint density at radius 2 is 2.03 bits per heavy atom. The minimum atomic E-state index is -1.13. The van der Waals surface area contributed by atoms with Crippen molar-refractivity contribution in [2.45, 2.75) is 75.9 Å². The van der Waals surface area contributed by atoms with Gasteiger partial charge in [-0.25, -0.2) is 4.79 Å². The molecule has 7 nitrogen and oxygen atoms in total. The molecule has 0 spiro atoms. The average molecular weight is 486 g/mol. The molecule has 0 unspecified atom stereocenters. The number of aliphatic hydroxyl groups excluding tert-OH is 1. The number of unbranched alkanes of at least 4 members (excludes halogenated alkanes) is 1. The number of aliphatic hydroxyl groups is 2. The molecule has 1 saturated heterocycles. The maximum absolute atomic E-state index is 13.4. The Kier molecular flexibility index (Phi) is 9.09. The third kappa shape index (κ3) is 6.19. The van der Waals surface area contributed by atoms with Gasteiger partial charge in [0, 0.05) is 49.2 Å². The Morgan fingerprint density at radius 3 is 2.80 bits per heavy atom. The third-order valence-electron chi connectivity index (χ3n) is 8.17. The molecule has 0 radical (unpaired) electrons. The fourth-order valence-corrected chi connectivity index (χ4v) is 6.30. The number of carbonyl (C=O) groups excluding carboxylic acids is 1. The first-order valence-corrected chi connectivity index (χ1v) is 13.5. The van der Waals surface area contributed by atoms with Gasteiger partial charge in [-0.3, -0.25) is 0 Å². The number of carbonyl (C=O) groups is 1. The zero-order valence-corrected chi connectivity index (χ0v) is 21.2. The van der Waals surface area contributed by atoms with Crippen LogP contribution in [0, 0.1) is 11.8 Å². The van der Waals surface area contributed by atoms with Gasteiger partial charge in [0.2, 0.25) is 0 Å². The molecule has 2 heterocycles. The molecule has 2 amide bonds. The highest BCUT2D eigenvalue weighted by Gasteiger charge is 2.43. The van der Waals surface area contributed by atoms with Crippen molar-refractivity contribution in [3.8, 4) is 0 Å². The number of furan rings is 1. The van der Waals surface area contributed by atoms with Crippen molar-refractivity contribution in [2.24, 2.45) is 11.8 Å². The number of nitrogens with zero attached hydrogens (tertiary/aromatic N) is 1. The highest BCUT2D eigenvalue weighted by molar-refractivity contribution is 5.81. The van der Waals surface area contributed by atoms with Crippen LogP contribution in [-0.2, 0) is 5.60 Å². The van der Waals surface area contributed by atoms with E-state index in [-0.39, 0.29) is 24.6 Å². The molecule has 2 fully saturated rings. The van der Waals surface area contributed by atoms with E-state index in [1.807, 2.05) is 36.2 Å². The van der Waals surface area contributed by atoms with E-state index in [0.717, 1.165) is 36.8 Å². The van der Waals surface area contributed by atoms with Crippen LogP contribution in [0.3, 0.4) is 0 Å². The number of rotatable bonds is 11. The van der Waals surface area contributed by atoms with Crippen LogP contribution in [0.2, 0.25) is 0 Å². The number of nitrogens with one attached hydrogen (secondary N) is 2. The molecular weight excluding hydrogens is 442 g/mol. The first-order chi connectivity index (χ1) is 17.0. The molecule has 7 heteroatoms. The first-order valence-electron chi connectivity index (χ1n) is 13.5. The maximum atomic E-state index is 13.4. The Balaban J connectivity index is 1.50. The van der Waals surface area contributed by atoms with Crippen molar-refractivity contribution in [2.75, 3.05) is 33.3 Å². The molecule has 194 valence electrons. The molecule has 3 atom stereocenters. The molecule has 1 aromatic heterocycles. The Hall–Kier alpha value is -2.09. The van der Waals surface area contributed by atoms with E-state index in [2.05, 4.69) is 10.6 Å². The van der Waals surface area contributed by atoms with E-state index in [0.29, 0.717) is 43.9 Å². The summed E-state index contributed by atoms with van der Waals surface area (Å²) in [5.74, 6) is 0.599. The number of piperidine rings is 1. The van der Waals surface area contributed by atoms with E-state index in [9.17, 15) is 15.0 Å². The molecule has 2 aromatic rings. The van der Waals surface area contributed by atoms with Crippen molar-refractivity contribution in [3.05, 3.63) is 36.1 Å². The molecule has 1 aliphatic heterocycles. The van der Waals surface area contributed by atoms with Crippen LogP contribution in [0.5, 0.6) is 0 Å². The lowest BCUT2D eigenvalue weighted by molar-refractivity contribution is -0.0556. The van der Waals surface area contributed by atoms with Crippen molar-refractivity contribution in [1.29, 1.82) is 0 Å². The summed E-state index contributed by atoms with van der Waals surface area (Å²) in [6.07, 6.45) is 11.4. The maximum Gasteiger partial charge on any atom is 0.317 e. The van der Waals surface area contributed by atoms with Crippen LogP contribution < -0.4 is 10.6 Å². The van der Waals surface area contributed by atoms with Gasteiger partial charge in [0.25, 0.3) is 0 Å². The second-order valence-electron chi connectivity index (χ2n) is 10.6. The molecular formula is C28H43N3O4. The predicted molar refractivity (Wildman–Crippen MR) is 138 cm³/mol. The Labute approximate surface area is 209 Å². The highest BCUT2D eigenvalue weighted by atomic mass is 16.3. The second kappa shape index (κ2) is 12.2. The first kappa shape index (κ1) is 26.0. The Bertz CT molecular complexity index is 941. The van der Waals surface area contributed by atoms with Gasteiger partial charge in [0.15, 0.2) is 0 Å². The smallest absolute Gasteiger partial charge is 0.317 e. The molecule has 4 N–H and O–H groups in total. The fraction of sp³-hybridized carbons (Fsp3) is 0.679. The quantitative estimate of drug-likeness (QED) is 0.354. The molecule has 1 aliphatic carbocycles. The zero-order chi connectivity index (χ0) is 24.7. The molecule has 1 aromatic carbocycles. The summed E-state index contributed by atoms with van der Waals surface area (Å²) < 4.78 is 5.80. The summed E-state index contributed by atoms with van der Waals surface area (Å²) >= 11 is 0. The van der Waals surface area contributed by atoms with Crippen LogP contribution in [0.25, 0.3) is 11.0 Å². The van der Waals surface area contributed by atoms with E-state index >= 15 is 0 Å². The van der Waals surface area contributed by atoms with Crippen LogP contribution in [0.1, 0.15) is 69.8 Å². The number of likely N-dealkylation sites (tertiary alicyclic amines) is 1. The number of hydrogen-bond donors (Lipinski definition) is 4.